The van der Waals surface area contributed by atoms with Crippen LogP contribution < -0.4 is 9.47 Å². The van der Waals surface area contributed by atoms with Gasteiger partial charge in [0.25, 0.3) is 0 Å². The Bertz CT molecular complexity index is 1410. The van der Waals surface area contributed by atoms with E-state index >= 15 is 0 Å². The number of aryl methyl sites for hydroxylation is 2. The summed E-state index contributed by atoms with van der Waals surface area (Å²) in [4.78, 5) is 11.0. The van der Waals surface area contributed by atoms with Gasteiger partial charge in [0, 0.05) is 11.5 Å². The fraction of sp³-hybridized carbons (Fsp3) is 0.367. The van der Waals surface area contributed by atoms with Crippen molar-refractivity contribution in [3.63, 3.8) is 0 Å². The van der Waals surface area contributed by atoms with Crippen molar-refractivity contribution in [3.05, 3.63) is 88.5 Å². The molecule has 1 heterocycles. The number of aliphatic carboxylic acids is 1. The van der Waals surface area contributed by atoms with Crippen molar-refractivity contribution in [3.8, 4) is 11.5 Å². The number of fused-ring (bicyclic) bond motifs is 1. The van der Waals surface area contributed by atoms with Crippen molar-refractivity contribution >= 4 is 16.1 Å². The Balaban J connectivity index is 0.000000353. The predicted octanol–water partition coefficient (Wildman–Crippen LogP) is 4.67. The first-order valence-corrected chi connectivity index (χ1v) is 14.1. The highest BCUT2D eigenvalue weighted by Gasteiger charge is 2.36. The maximum Gasteiger partial charge on any atom is 0.309 e. The lowest BCUT2D eigenvalue weighted by Crippen LogP contribution is -2.50. The monoisotopic (exact) mass is 555 g/mol. The summed E-state index contributed by atoms with van der Waals surface area (Å²) in [7, 11) is 1.23. The molecule has 1 aliphatic heterocycles. The molecule has 0 amide bonds. The van der Waals surface area contributed by atoms with E-state index < -0.39 is 16.1 Å². The molecule has 1 aliphatic rings. The van der Waals surface area contributed by atoms with E-state index in [9.17, 15) is 22.9 Å². The lowest BCUT2D eigenvalue weighted by Gasteiger charge is -2.42. The summed E-state index contributed by atoms with van der Waals surface area (Å²) in [6, 6.07) is 17.9. The van der Waals surface area contributed by atoms with Crippen LogP contribution in [0, 0.1) is 13.8 Å². The molecule has 0 spiro atoms. The number of carboxylic acids is 1. The van der Waals surface area contributed by atoms with Gasteiger partial charge >= 0.3 is 5.97 Å². The third kappa shape index (κ3) is 8.05. The number of ether oxygens (including phenoxy) is 2. The molecule has 1 N–H and O–H groups in total. The number of hydrogen-bond donors (Lipinski definition) is 1. The molecule has 0 saturated carbocycles. The van der Waals surface area contributed by atoms with E-state index in [2.05, 4.69) is 45.2 Å². The summed E-state index contributed by atoms with van der Waals surface area (Å²) in [5.74, 6) is 1.07. The lowest BCUT2D eigenvalue weighted by atomic mass is 9.82. The zero-order chi connectivity index (χ0) is 28.8. The third-order valence-electron chi connectivity index (χ3n) is 7.24. The second-order valence-electron chi connectivity index (χ2n) is 10.3. The Hall–Kier alpha value is -3.40. The molecule has 3 aromatic carbocycles. The smallest absolute Gasteiger partial charge is 0.309 e. The Morgan fingerprint density at radius 1 is 1.00 bits per heavy atom. The van der Waals surface area contributed by atoms with Crippen molar-refractivity contribution in [2.45, 2.75) is 44.0 Å². The van der Waals surface area contributed by atoms with Gasteiger partial charge in [-0.05, 0) is 72.9 Å². The lowest BCUT2D eigenvalue weighted by molar-refractivity contribution is -0.925. The molecule has 0 saturated heterocycles. The second kappa shape index (κ2) is 12.6. The summed E-state index contributed by atoms with van der Waals surface area (Å²) in [5, 5.41) is 9.21. The largest absolute Gasteiger partial charge is 0.744 e. The van der Waals surface area contributed by atoms with Crippen LogP contribution in [0.2, 0.25) is 0 Å². The first-order chi connectivity index (χ1) is 18.3. The molecule has 0 fully saturated rings. The van der Waals surface area contributed by atoms with Gasteiger partial charge in [-0.2, -0.15) is 0 Å². The molecule has 39 heavy (non-hydrogen) atoms. The number of likely N-dealkylation sites (N-methyl/N-ethyl adjacent to an activating group) is 1. The van der Waals surface area contributed by atoms with E-state index in [1.165, 1.54) is 52.1 Å². The van der Waals surface area contributed by atoms with Crippen LogP contribution >= 0.6 is 0 Å². The number of methoxy groups -OCH3 is 2. The van der Waals surface area contributed by atoms with Crippen LogP contribution in [0.5, 0.6) is 11.5 Å². The summed E-state index contributed by atoms with van der Waals surface area (Å²) in [6.45, 7) is 6.76. The normalized spacial score (nSPS) is 18.4. The molecule has 4 rings (SSSR count). The summed E-state index contributed by atoms with van der Waals surface area (Å²) in [5.41, 5.74) is 6.54. The molecule has 3 aromatic rings. The molecular weight excluding hydrogens is 518 g/mol. The average molecular weight is 556 g/mol. The van der Waals surface area contributed by atoms with Gasteiger partial charge in [-0.1, -0.05) is 30.3 Å². The minimum atomic E-state index is -4.25. The zero-order valence-electron chi connectivity index (χ0n) is 23.1. The van der Waals surface area contributed by atoms with Crippen LogP contribution in [0.15, 0.2) is 65.6 Å². The van der Waals surface area contributed by atoms with E-state index in [1.54, 1.807) is 20.3 Å². The summed E-state index contributed by atoms with van der Waals surface area (Å²) in [6.07, 6.45) is 1.08. The number of carbonyl (C=O) groups is 1. The van der Waals surface area contributed by atoms with Gasteiger partial charge in [0.15, 0.2) is 11.5 Å². The average Bonchev–Trinajstić information content (AvgIpc) is 2.89. The maximum absolute atomic E-state index is 11.2. The Morgan fingerprint density at radius 2 is 1.64 bits per heavy atom. The molecule has 0 aliphatic carbocycles. The van der Waals surface area contributed by atoms with Crippen LogP contribution in [0.1, 0.15) is 40.2 Å². The van der Waals surface area contributed by atoms with E-state index in [-0.39, 0.29) is 11.3 Å². The quantitative estimate of drug-likeness (QED) is 0.317. The van der Waals surface area contributed by atoms with Crippen LogP contribution in [0.4, 0.5) is 0 Å². The predicted molar refractivity (Wildman–Crippen MR) is 148 cm³/mol. The van der Waals surface area contributed by atoms with Gasteiger partial charge in [-0.15, -0.1) is 0 Å². The number of quaternary nitrogens is 1. The van der Waals surface area contributed by atoms with Gasteiger partial charge in [-0.3, -0.25) is 4.79 Å². The van der Waals surface area contributed by atoms with Gasteiger partial charge in [-0.25, -0.2) is 8.42 Å². The molecule has 2 atom stereocenters. The molecule has 0 aromatic heterocycles. The standard InChI is InChI=1S/C24H31NO4.C6H6O3S/c1-16-10-19-14-25(3,9-8-24(26)27)15-20(21(19)11-17(16)2)12-18-6-7-22(28-4)23(13-18)29-5;7-10(8,9)6-4-2-1-3-5-6/h6-7,10-11,13,20H,8-9,12,14-15H2,1-5H3;1-5H,(H,7,8,9)/t20-,25+;/m1./s1. The van der Waals surface area contributed by atoms with Crippen LogP contribution in [-0.2, 0) is 27.9 Å². The molecule has 210 valence electrons. The Kier molecular flexibility index (Phi) is 9.77. The summed E-state index contributed by atoms with van der Waals surface area (Å²) < 4.78 is 42.4. The Morgan fingerprint density at radius 3 is 2.21 bits per heavy atom. The van der Waals surface area contributed by atoms with Crippen molar-refractivity contribution in [2.75, 3.05) is 34.4 Å². The fourth-order valence-electron chi connectivity index (χ4n) is 5.11. The number of nitrogens with zero attached hydrogens (tertiary/aromatic N) is 1. The minimum Gasteiger partial charge on any atom is -0.744 e. The topological polar surface area (TPSA) is 113 Å². The first-order valence-electron chi connectivity index (χ1n) is 12.7. The van der Waals surface area contributed by atoms with Gasteiger partial charge in [0.2, 0.25) is 0 Å². The van der Waals surface area contributed by atoms with Crippen molar-refractivity contribution < 1.29 is 36.8 Å². The molecule has 0 radical (unpaired) electrons. The fourth-order valence-corrected chi connectivity index (χ4v) is 5.60. The number of carboxylic acid groups (broad SMARTS) is 1. The maximum atomic E-state index is 11.2. The highest BCUT2D eigenvalue weighted by Crippen LogP contribution is 2.37. The number of rotatable bonds is 8. The number of hydrogen-bond acceptors (Lipinski definition) is 6. The molecule has 8 nitrogen and oxygen atoms in total. The molecule has 0 unspecified atom stereocenters. The Labute approximate surface area is 231 Å². The van der Waals surface area contributed by atoms with Crippen molar-refractivity contribution in [1.82, 2.24) is 0 Å². The van der Waals surface area contributed by atoms with Crippen LogP contribution in [0.25, 0.3) is 0 Å². The van der Waals surface area contributed by atoms with E-state index in [0.717, 1.165) is 35.5 Å². The SMILES string of the molecule is COc1ccc(C[C@@H]2C[N@@+](C)(CCC(=O)O)Cc3cc(C)c(C)cc32)cc1OC.O=S(=O)([O-])c1ccccc1. The highest BCUT2D eigenvalue weighted by molar-refractivity contribution is 7.85. The van der Waals surface area contributed by atoms with Crippen molar-refractivity contribution in [2.24, 2.45) is 0 Å². The van der Waals surface area contributed by atoms with E-state index in [0.29, 0.717) is 12.5 Å². The third-order valence-corrected chi connectivity index (χ3v) is 8.09. The van der Waals surface area contributed by atoms with Crippen LogP contribution in [0.3, 0.4) is 0 Å². The first kappa shape index (κ1) is 30.1. The molecule has 9 heteroatoms. The van der Waals surface area contributed by atoms with E-state index in [1.807, 2.05) is 6.07 Å². The van der Waals surface area contributed by atoms with E-state index in [4.69, 9.17) is 9.47 Å². The minimum absolute atomic E-state index is 0.185. The number of benzene rings is 3. The second-order valence-corrected chi connectivity index (χ2v) is 11.7. The zero-order valence-corrected chi connectivity index (χ0v) is 24.0. The molecular formula is C30H37NO7S. The van der Waals surface area contributed by atoms with Gasteiger partial charge < -0.3 is 23.6 Å². The van der Waals surface area contributed by atoms with Crippen LogP contribution in [-0.4, -0.2) is 62.9 Å². The summed E-state index contributed by atoms with van der Waals surface area (Å²) >= 11 is 0. The molecule has 0 bridgehead atoms. The van der Waals surface area contributed by atoms with Gasteiger partial charge in [0.05, 0.1) is 45.7 Å². The van der Waals surface area contributed by atoms with Crippen molar-refractivity contribution in [1.29, 1.82) is 0 Å². The highest BCUT2D eigenvalue weighted by atomic mass is 32.2. The van der Waals surface area contributed by atoms with Gasteiger partial charge in [0.1, 0.15) is 16.7 Å².